The van der Waals surface area contributed by atoms with Crippen molar-refractivity contribution >= 4 is 33.2 Å². The average Bonchev–Trinajstić information content (AvgIpc) is 2.53. The van der Waals surface area contributed by atoms with E-state index in [9.17, 15) is 4.79 Å². The highest BCUT2D eigenvalue weighted by Crippen LogP contribution is 2.68. The monoisotopic (exact) mass is 315 g/mol. The highest BCUT2D eigenvalue weighted by Gasteiger charge is 2.68. The van der Waals surface area contributed by atoms with E-state index >= 15 is 0 Å². The largest absolute Gasteiger partial charge is 0.351 e. The van der Waals surface area contributed by atoms with E-state index in [1.54, 1.807) is 11.3 Å². The van der Waals surface area contributed by atoms with Crippen LogP contribution >= 0.6 is 27.3 Å². The van der Waals surface area contributed by atoms with Crippen LogP contribution in [0.2, 0.25) is 0 Å². The van der Waals surface area contributed by atoms with Gasteiger partial charge in [0.05, 0.1) is 6.54 Å². The summed E-state index contributed by atoms with van der Waals surface area (Å²) in [5.74, 6) is 0.314. The van der Waals surface area contributed by atoms with Gasteiger partial charge >= 0.3 is 0 Å². The Kier molecular flexibility index (Phi) is 3.15. The van der Waals surface area contributed by atoms with Crippen molar-refractivity contribution in [1.29, 1.82) is 0 Å². The third kappa shape index (κ3) is 2.06. The maximum absolute atomic E-state index is 12.1. The molecule has 2 rings (SSSR count). The minimum atomic E-state index is 0.115. The van der Waals surface area contributed by atoms with Crippen LogP contribution in [0.3, 0.4) is 0 Å². The molecule has 94 valence electrons. The van der Waals surface area contributed by atoms with E-state index in [1.165, 1.54) is 4.88 Å². The number of nitrogens with one attached hydrogen (secondary N) is 1. The van der Waals surface area contributed by atoms with Crippen molar-refractivity contribution in [3.63, 3.8) is 0 Å². The molecule has 0 bridgehead atoms. The third-order valence-electron chi connectivity index (χ3n) is 4.40. The van der Waals surface area contributed by atoms with Gasteiger partial charge in [-0.2, -0.15) is 0 Å². The van der Waals surface area contributed by atoms with Gasteiger partial charge in [-0.1, -0.05) is 27.7 Å². The molecule has 17 heavy (non-hydrogen) atoms. The third-order valence-corrected chi connectivity index (χ3v) is 6.32. The van der Waals surface area contributed by atoms with Gasteiger partial charge in [0.2, 0.25) is 5.91 Å². The molecule has 1 saturated carbocycles. The van der Waals surface area contributed by atoms with Crippen LogP contribution in [0.25, 0.3) is 0 Å². The zero-order chi connectivity index (χ0) is 12.8. The van der Waals surface area contributed by atoms with E-state index in [0.29, 0.717) is 6.54 Å². The first-order valence-electron chi connectivity index (χ1n) is 5.78. The predicted molar refractivity (Wildman–Crippen MR) is 74.9 cm³/mol. The zero-order valence-electron chi connectivity index (χ0n) is 10.6. The molecule has 1 aliphatic rings. The van der Waals surface area contributed by atoms with Gasteiger partial charge in [-0.05, 0) is 38.2 Å². The van der Waals surface area contributed by atoms with Crippen molar-refractivity contribution in [3.8, 4) is 0 Å². The molecule has 0 spiro atoms. The number of carbonyl (C=O) groups excluding carboxylic acids is 1. The second kappa shape index (κ2) is 4.09. The number of carbonyl (C=O) groups is 1. The van der Waals surface area contributed by atoms with Gasteiger partial charge < -0.3 is 5.32 Å². The molecule has 0 aromatic carbocycles. The lowest BCUT2D eigenvalue weighted by molar-refractivity contribution is -0.123. The Morgan fingerprint density at radius 2 is 2.00 bits per heavy atom. The molecular formula is C13H18BrNOS. The topological polar surface area (TPSA) is 29.1 Å². The highest BCUT2D eigenvalue weighted by atomic mass is 79.9. The molecule has 1 aromatic rings. The van der Waals surface area contributed by atoms with Crippen LogP contribution < -0.4 is 5.32 Å². The fourth-order valence-corrected chi connectivity index (χ4v) is 4.00. The predicted octanol–water partition coefficient (Wildman–Crippen LogP) is 3.81. The highest BCUT2D eigenvalue weighted by molar-refractivity contribution is 9.10. The van der Waals surface area contributed by atoms with Crippen LogP contribution in [0.5, 0.6) is 0 Å². The molecule has 0 atom stereocenters. The van der Waals surface area contributed by atoms with Gasteiger partial charge in [-0.15, -0.1) is 11.3 Å². The second-order valence-electron chi connectivity index (χ2n) is 5.79. The van der Waals surface area contributed by atoms with Crippen molar-refractivity contribution in [2.24, 2.45) is 16.7 Å². The van der Waals surface area contributed by atoms with E-state index in [0.717, 1.165) is 4.47 Å². The van der Waals surface area contributed by atoms with Gasteiger partial charge in [-0.3, -0.25) is 4.79 Å². The quantitative estimate of drug-likeness (QED) is 0.903. The minimum Gasteiger partial charge on any atom is -0.351 e. The summed E-state index contributed by atoms with van der Waals surface area (Å²) in [4.78, 5) is 13.3. The molecule has 0 saturated heterocycles. The number of amides is 1. The number of hydrogen-bond donors (Lipinski definition) is 1. The smallest absolute Gasteiger partial charge is 0.224 e. The molecule has 1 aromatic heterocycles. The first-order chi connectivity index (χ1) is 7.78. The second-order valence-corrected chi connectivity index (χ2v) is 7.64. The SMILES string of the molecule is CC1(C)C(C(=O)NCc2sccc2Br)C1(C)C. The van der Waals surface area contributed by atoms with E-state index in [1.807, 2.05) is 11.4 Å². The van der Waals surface area contributed by atoms with Crippen molar-refractivity contribution in [3.05, 3.63) is 20.8 Å². The molecular weight excluding hydrogens is 298 g/mol. The summed E-state index contributed by atoms with van der Waals surface area (Å²) in [6.07, 6.45) is 0. The lowest BCUT2D eigenvalue weighted by atomic mass is 10.0. The normalized spacial score (nSPS) is 21.2. The van der Waals surface area contributed by atoms with Gasteiger partial charge in [-0.25, -0.2) is 0 Å². The number of thiophene rings is 1. The molecule has 1 N–H and O–H groups in total. The Balaban J connectivity index is 1.94. The maximum atomic E-state index is 12.1. The summed E-state index contributed by atoms with van der Waals surface area (Å²) in [6.45, 7) is 9.28. The zero-order valence-corrected chi connectivity index (χ0v) is 13.0. The van der Waals surface area contributed by atoms with Crippen LogP contribution in [0.4, 0.5) is 0 Å². The van der Waals surface area contributed by atoms with E-state index in [-0.39, 0.29) is 22.7 Å². The lowest BCUT2D eigenvalue weighted by Crippen LogP contribution is -2.26. The van der Waals surface area contributed by atoms with Crippen molar-refractivity contribution in [2.75, 3.05) is 0 Å². The Morgan fingerprint density at radius 3 is 2.41 bits per heavy atom. The van der Waals surface area contributed by atoms with Crippen molar-refractivity contribution < 1.29 is 4.79 Å². The molecule has 1 aliphatic carbocycles. The van der Waals surface area contributed by atoms with Crippen LogP contribution in [0, 0.1) is 16.7 Å². The summed E-state index contributed by atoms with van der Waals surface area (Å²) in [6, 6.07) is 2.01. The average molecular weight is 316 g/mol. The molecule has 4 heteroatoms. The number of halogens is 1. The first kappa shape index (κ1) is 13.1. The summed E-state index contributed by atoms with van der Waals surface area (Å²) in [7, 11) is 0. The Labute approximate surface area is 115 Å². The Bertz CT molecular complexity index is 436. The number of rotatable bonds is 3. The summed E-state index contributed by atoms with van der Waals surface area (Å²) in [5, 5.41) is 5.06. The number of hydrogen-bond acceptors (Lipinski definition) is 2. The maximum Gasteiger partial charge on any atom is 0.224 e. The fourth-order valence-electron chi connectivity index (χ4n) is 2.57. The molecule has 2 nitrogen and oxygen atoms in total. The fraction of sp³-hybridized carbons (Fsp3) is 0.615. The molecule has 0 unspecified atom stereocenters. The minimum absolute atomic E-state index is 0.115. The van der Waals surface area contributed by atoms with Crippen molar-refractivity contribution in [2.45, 2.75) is 34.2 Å². The van der Waals surface area contributed by atoms with Gasteiger partial charge in [0, 0.05) is 15.3 Å². The van der Waals surface area contributed by atoms with Crippen LogP contribution in [-0.4, -0.2) is 5.91 Å². The standard InChI is InChI=1S/C13H18BrNOS/c1-12(2)10(13(12,3)4)11(16)15-7-9-8(14)5-6-17-9/h5-6,10H,7H2,1-4H3,(H,15,16). The van der Waals surface area contributed by atoms with Crippen LogP contribution in [0.15, 0.2) is 15.9 Å². The molecule has 1 amide bonds. The molecule has 1 heterocycles. The van der Waals surface area contributed by atoms with Crippen molar-refractivity contribution in [1.82, 2.24) is 5.32 Å². The van der Waals surface area contributed by atoms with Crippen LogP contribution in [0.1, 0.15) is 32.6 Å². The Morgan fingerprint density at radius 1 is 1.41 bits per heavy atom. The van der Waals surface area contributed by atoms with Gasteiger partial charge in [0.15, 0.2) is 0 Å². The van der Waals surface area contributed by atoms with Gasteiger partial charge in [0.1, 0.15) is 0 Å². The van der Waals surface area contributed by atoms with Gasteiger partial charge in [0.25, 0.3) is 0 Å². The summed E-state index contributed by atoms with van der Waals surface area (Å²) in [5.41, 5.74) is 0.230. The van der Waals surface area contributed by atoms with E-state index in [2.05, 4.69) is 48.9 Å². The van der Waals surface area contributed by atoms with E-state index < -0.39 is 0 Å². The Hall–Kier alpha value is -0.350. The summed E-state index contributed by atoms with van der Waals surface area (Å²) >= 11 is 5.13. The van der Waals surface area contributed by atoms with Crippen LogP contribution in [-0.2, 0) is 11.3 Å². The first-order valence-corrected chi connectivity index (χ1v) is 7.45. The molecule has 0 radical (unpaired) electrons. The summed E-state index contributed by atoms with van der Waals surface area (Å²) < 4.78 is 1.08. The lowest BCUT2D eigenvalue weighted by Gasteiger charge is -2.05. The molecule has 1 fully saturated rings. The molecule has 0 aliphatic heterocycles. The van der Waals surface area contributed by atoms with E-state index in [4.69, 9.17) is 0 Å².